The van der Waals surface area contributed by atoms with Gasteiger partial charge in [0, 0.05) is 91.5 Å². The van der Waals surface area contributed by atoms with E-state index in [1.54, 1.807) is 97.1 Å². The predicted octanol–water partition coefficient (Wildman–Crippen LogP) is 1.77. The average Bonchev–Trinajstić information content (AvgIpc) is 1.09. The average molecular weight is 1610 g/mol. The summed E-state index contributed by atoms with van der Waals surface area (Å²) in [6, 6.07) is 20.0. The number of para-hydroxylation sites is 1. The Morgan fingerprint density at radius 2 is 1.02 bits per heavy atom. The summed E-state index contributed by atoms with van der Waals surface area (Å²) in [5, 5.41) is 59.4. The number of nitrogens with two attached hydrogens (primary N) is 3. The fraction of sp³-hybridized carbons (Fsp3) is 0.405. The number of rotatable bonds is 42. The molecule has 10 atom stereocenters. The van der Waals surface area contributed by atoms with Crippen molar-refractivity contribution in [3.63, 3.8) is 0 Å². The van der Waals surface area contributed by atoms with Crippen LogP contribution in [0.1, 0.15) is 108 Å². The number of primary amides is 1. The normalized spacial score (nSPS) is 14.9. The number of hydrogen-bond donors (Lipinski definition) is 18. The first-order chi connectivity index (χ1) is 55.5. The molecule has 0 aliphatic carbocycles. The van der Waals surface area contributed by atoms with Crippen molar-refractivity contribution in [1.29, 1.82) is 0 Å². The molecule has 5 heterocycles. The number of anilines is 6. The molecule has 4 aromatic carbocycles. The first kappa shape index (κ1) is 87.3. The lowest BCUT2D eigenvalue weighted by Gasteiger charge is -2.31. The highest BCUT2D eigenvalue weighted by Crippen LogP contribution is 2.24. The molecule has 21 N–H and O–H groups in total. The number of pyridine rings is 2. The Labute approximate surface area is 674 Å². The van der Waals surface area contributed by atoms with Crippen LogP contribution in [-0.2, 0) is 84.8 Å². The number of nitrogens with one attached hydrogen (secondary N) is 14. The third-order valence-electron chi connectivity index (χ3n) is 19.0. The van der Waals surface area contributed by atoms with Crippen LogP contribution in [0.4, 0.5) is 35.2 Å². The van der Waals surface area contributed by atoms with Crippen LogP contribution in [0.2, 0.25) is 5.02 Å². The summed E-state index contributed by atoms with van der Waals surface area (Å²) in [5.74, 6) is -8.72. The number of aromatic amines is 2. The number of fused-ring (bicyclic) bond motifs is 1. The number of aliphatic hydroxyl groups excluding tert-OH is 1. The molecule has 1 saturated heterocycles. The lowest BCUT2D eigenvalue weighted by atomic mass is 9.99. The van der Waals surface area contributed by atoms with E-state index in [4.69, 9.17) is 33.8 Å². The summed E-state index contributed by atoms with van der Waals surface area (Å²) < 4.78 is 0. The van der Waals surface area contributed by atoms with E-state index in [2.05, 4.69) is 99.1 Å². The number of halogens is 1. The van der Waals surface area contributed by atoms with Crippen molar-refractivity contribution in [2.75, 3.05) is 41.8 Å². The van der Waals surface area contributed by atoms with Gasteiger partial charge in [0.15, 0.2) is 0 Å². The van der Waals surface area contributed by atoms with Crippen molar-refractivity contribution < 1.29 is 57.8 Å². The molecule has 1 aliphatic heterocycles. The maximum Gasteiger partial charge on any atom is 0.245 e. The number of unbranched alkanes of at least 4 members (excludes halogenated alkanes) is 1. The molecule has 0 bridgehead atoms. The molecule has 116 heavy (non-hydrogen) atoms. The second kappa shape index (κ2) is 42.4. The Hall–Kier alpha value is -12.7. The summed E-state index contributed by atoms with van der Waals surface area (Å²) in [6.07, 6.45) is 3.80. The number of benzene rings is 4. The minimum Gasteiger partial charge on any atom is -0.394 e. The SMILES string of the molecule is CC(=O)N[C@H](Cc1ccc2ccccc2n1)C(=O)N[C@H](Cc1ccc(Cl)cc1)C(=O)N[C@H](Cc1cccnc1)C(=O)N[C@@H](CO)C(=O)N[C@@H](Cc1ccc(Nc2nc(N)n[nH]2)cc1)C(=O)N[C@H](Cc1ccc(Nc2nc(N)n[nH]2)cc1)C(=O)N[C@@H](CC(C)C)C(=O)N[C@@H](CCCCNC(C)C)C(=O)N1CCC[C@H]1C(=O)N[C@H](C)C(N)=O. The van der Waals surface area contributed by atoms with E-state index in [1.807, 2.05) is 52.0 Å². The molecule has 0 spiro atoms. The molecule has 0 unspecified atom stereocenters. The van der Waals surface area contributed by atoms with Crippen molar-refractivity contribution in [3.05, 3.63) is 167 Å². The van der Waals surface area contributed by atoms with E-state index in [9.17, 15) is 33.9 Å². The van der Waals surface area contributed by atoms with Gasteiger partial charge in [0.2, 0.25) is 88.8 Å². The van der Waals surface area contributed by atoms with Crippen LogP contribution in [0.15, 0.2) is 134 Å². The lowest BCUT2D eigenvalue weighted by molar-refractivity contribution is -0.142. The van der Waals surface area contributed by atoms with Gasteiger partial charge < -0.3 is 91.0 Å². The van der Waals surface area contributed by atoms with Gasteiger partial charge in [-0.15, -0.1) is 10.2 Å². The van der Waals surface area contributed by atoms with E-state index >= 15 is 24.0 Å². The highest BCUT2D eigenvalue weighted by molar-refractivity contribution is 6.30. The molecular formula is C79H101ClN24O12. The van der Waals surface area contributed by atoms with Crippen LogP contribution < -0.4 is 81.0 Å². The summed E-state index contributed by atoms with van der Waals surface area (Å²) in [6.45, 7) is 9.98. The fourth-order valence-electron chi connectivity index (χ4n) is 13.0. The first-order valence-corrected chi connectivity index (χ1v) is 38.6. The van der Waals surface area contributed by atoms with Gasteiger partial charge in [-0.1, -0.05) is 106 Å². The van der Waals surface area contributed by atoms with E-state index in [0.717, 1.165) is 5.39 Å². The maximum atomic E-state index is 15.5. The van der Waals surface area contributed by atoms with E-state index < -0.39 is 132 Å². The minimum absolute atomic E-state index is 0.0169. The minimum atomic E-state index is -1.86. The van der Waals surface area contributed by atoms with Gasteiger partial charge in [-0.3, -0.25) is 62.7 Å². The predicted molar refractivity (Wildman–Crippen MR) is 433 cm³/mol. The summed E-state index contributed by atoms with van der Waals surface area (Å²) in [7, 11) is 0. The quantitative estimate of drug-likeness (QED) is 0.0242. The largest absolute Gasteiger partial charge is 0.394 e. The van der Waals surface area contributed by atoms with Crippen LogP contribution in [-0.4, -0.2) is 201 Å². The van der Waals surface area contributed by atoms with Crippen molar-refractivity contribution in [2.24, 2.45) is 11.7 Å². The van der Waals surface area contributed by atoms with E-state index in [1.165, 1.54) is 31.1 Å². The zero-order valence-corrected chi connectivity index (χ0v) is 66.0. The number of aliphatic hydroxyl groups is 1. The monoisotopic (exact) mass is 1610 g/mol. The molecule has 0 radical (unpaired) electrons. The van der Waals surface area contributed by atoms with Gasteiger partial charge in [-0.25, -0.2) is 10.2 Å². The third kappa shape index (κ3) is 26.7. The van der Waals surface area contributed by atoms with E-state index in [-0.39, 0.29) is 93.7 Å². The molecular weight excluding hydrogens is 1510 g/mol. The Kier molecular flexibility index (Phi) is 31.9. The number of hydrogen-bond acceptors (Lipinski definition) is 23. The smallest absolute Gasteiger partial charge is 0.245 e. The molecule has 1 fully saturated rings. The van der Waals surface area contributed by atoms with Crippen molar-refractivity contribution in [1.82, 2.24) is 98.4 Å². The van der Waals surface area contributed by atoms with Gasteiger partial charge in [0.25, 0.3) is 0 Å². The molecule has 1 aliphatic rings. The second-order valence-corrected chi connectivity index (χ2v) is 29.6. The molecule has 4 aromatic heterocycles. The number of aromatic nitrogens is 8. The number of nitrogens with zero attached hydrogens (tertiary/aromatic N) is 7. The summed E-state index contributed by atoms with van der Waals surface area (Å²) in [4.78, 5) is 177. The molecule has 37 heteroatoms. The summed E-state index contributed by atoms with van der Waals surface area (Å²) >= 11 is 6.28. The fourth-order valence-corrected chi connectivity index (χ4v) is 13.1. The highest BCUT2D eigenvalue weighted by Gasteiger charge is 2.41. The maximum absolute atomic E-state index is 15.5. The Morgan fingerprint density at radius 1 is 0.534 bits per heavy atom. The Balaban J connectivity index is 1.00. The molecule has 36 nitrogen and oxygen atoms in total. The Bertz CT molecular complexity index is 4690. The van der Waals surface area contributed by atoms with Crippen LogP contribution in [0, 0.1) is 5.92 Å². The van der Waals surface area contributed by atoms with Crippen LogP contribution in [0.3, 0.4) is 0 Å². The zero-order chi connectivity index (χ0) is 83.5. The van der Waals surface area contributed by atoms with Crippen molar-refractivity contribution in [2.45, 2.75) is 179 Å². The van der Waals surface area contributed by atoms with Gasteiger partial charge in [0.1, 0.15) is 60.4 Å². The number of H-pyrrole nitrogens is 2. The highest BCUT2D eigenvalue weighted by atomic mass is 35.5. The van der Waals surface area contributed by atoms with Gasteiger partial charge >= 0.3 is 0 Å². The van der Waals surface area contributed by atoms with Gasteiger partial charge in [0.05, 0.1) is 12.1 Å². The van der Waals surface area contributed by atoms with Gasteiger partial charge in [-0.2, -0.15) is 9.97 Å². The van der Waals surface area contributed by atoms with Crippen molar-refractivity contribution in [3.8, 4) is 0 Å². The van der Waals surface area contributed by atoms with Gasteiger partial charge in [-0.05, 0) is 135 Å². The summed E-state index contributed by atoms with van der Waals surface area (Å²) in [5.41, 5.74) is 21.0. The zero-order valence-electron chi connectivity index (χ0n) is 65.2. The van der Waals surface area contributed by atoms with E-state index in [0.29, 0.717) is 75.7 Å². The number of nitrogen functional groups attached to an aromatic ring is 2. The second-order valence-electron chi connectivity index (χ2n) is 29.2. The van der Waals surface area contributed by atoms with Crippen molar-refractivity contribution >= 4 is 123 Å². The Morgan fingerprint density at radius 3 is 1.50 bits per heavy atom. The molecule has 9 rings (SSSR count). The standard InChI is InChI=1S/C79H101ClN24O12/c1-43(2)35-58(67(108)91-57(16-9-10-33-85-44(3)4)75(116)104-34-12-17-65(104)74(115)86-45(5)66(81)107)92-68(109)60(37-48-20-27-53(28-21-48)89-78-98-76(82)100-102-78)93-70(111)61(38-49-22-29-54(30-23-49)90-79-99-77(83)101-103-79)96-73(114)64(42-105)97-71(112)62(39-50-13-11-32-84-41-50)95-69(110)59(36-47-18-25-52(80)26-19-47)94-72(113)63(87-46(6)106)40-55-31-24-51-14-7-8-15-56(51)88-55/h7-8,11,13-15,18-32,41,43-45,57-65,85,105H,9-10,12,16-17,33-40,42H2,1-6H3,(H2,81,107)(H,86,115)(H,87,106)(H,91,108)(H,92,109)(H,93,111)(H,94,113)(H,95,110)(H,96,114)(H,97,112)(H4,82,89,98,100,102)(H4,83,90,99,101,103)/t45-,57+,58+,59-,60-,61+,62-,63-,64+,65+/m1/s1. The molecule has 11 amide bonds. The van der Waals surface area contributed by atoms with Crippen LogP contribution in [0.25, 0.3) is 10.9 Å². The molecule has 616 valence electrons. The molecule has 8 aromatic rings. The lowest BCUT2D eigenvalue weighted by Crippen LogP contribution is -2.62. The van der Waals surface area contributed by atoms with Crippen LogP contribution >= 0.6 is 11.6 Å². The first-order valence-electron chi connectivity index (χ1n) is 38.2. The number of likely N-dealkylation sites (tertiary alicyclic amines) is 1. The molecule has 0 saturated carbocycles. The van der Waals surface area contributed by atoms with Crippen LogP contribution in [0.5, 0.6) is 0 Å². The number of amides is 11. The third-order valence-corrected chi connectivity index (χ3v) is 19.2. The topological polar surface area (TPSA) is 543 Å². The number of carbonyl (C=O) groups is 11. The number of carbonyl (C=O) groups excluding carboxylic acids is 11.